The van der Waals surface area contributed by atoms with Gasteiger partial charge in [-0.05, 0) is 25.7 Å². The number of unbranched alkanes of at least 4 members (excludes halogenated alkanes) is 1. The summed E-state index contributed by atoms with van der Waals surface area (Å²) in [6.07, 6.45) is -2.41. The molecule has 0 radical (unpaired) electrons. The van der Waals surface area contributed by atoms with Crippen molar-refractivity contribution in [1.82, 2.24) is 0 Å². The second-order valence-corrected chi connectivity index (χ2v) is 4.75. The molecule has 0 spiro atoms. The van der Waals surface area contributed by atoms with E-state index >= 15 is 0 Å². The number of rotatable bonds is 10. The summed E-state index contributed by atoms with van der Waals surface area (Å²) in [5.41, 5.74) is -1.21. The highest BCUT2D eigenvalue weighted by Gasteiger charge is 2.41. The van der Waals surface area contributed by atoms with Gasteiger partial charge in [-0.15, -0.1) is 0 Å². The van der Waals surface area contributed by atoms with E-state index in [-0.39, 0.29) is 19.4 Å². The van der Waals surface area contributed by atoms with E-state index < -0.39 is 36.9 Å². The van der Waals surface area contributed by atoms with Gasteiger partial charge in [-0.25, -0.2) is 0 Å². The monoisotopic (exact) mass is 266 g/mol. The molecule has 0 aromatic rings. The zero-order valence-corrected chi connectivity index (χ0v) is 10.9. The minimum atomic E-state index is -1.43. The second kappa shape index (κ2) is 8.79. The first-order chi connectivity index (χ1) is 8.48. The van der Waals surface area contributed by atoms with Gasteiger partial charge in [0.15, 0.2) is 0 Å². The van der Waals surface area contributed by atoms with Gasteiger partial charge in [0.05, 0.1) is 25.4 Å². The molecule has 0 amide bonds. The smallest absolute Gasteiger partial charge is 0.106 e. The minimum Gasteiger partial charge on any atom is -0.396 e. The Kier molecular flexibility index (Phi) is 8.67. The predicted molar refractivity (Wildman–Crippen MR) is 65.9 cm³/mol. The fourth-order valence-electron chi connectivity index (χ4n) is 1.88. The molecular formula is C12H26O6. The maximum atomic E-state index is 9.98. The lowest BCUT2D eigenvalue weighted by atomic mass is 9.77. The standard InChI is InChI=1S/C12H26O6/c1-2-12(7-14,8-15)11(18)10(17)9(16)5-3-4-6-13/h9-11,13-18H,2-8H2,1H3. The maximum Gasteiger partial charge on any atom is 0.106 e. The van der Waals surface area contributed by atoms with E-state index in [1.807, 2.05) is 0 Å². The van der Waals surface area contributed by atoms with Crippen LogP contribution in [0.1, 0.15) is 32.6 Å². The molecular weight excluding hydrogens is 240 g/mol. The van der Waals surface area contributed by atoms with Gasteiger partial charge >= 0.3 is 0 Å². The normalized spacial score (nSPS) is 17.5. The van der Waals surface area contributed by atoms with Gasteiger partial charge in [0.1, 0.15) is 6.10 Å². The summed E-state index contributed by atoms with van der Waals surface area (Å²) in [7, 11) is 0. The van der Waals surface area contributed by atoms with Crippen LogP contribution in [0.5, 0.6) is 0 Å². The largest absolute Gasteiger partial charge is 0.396 e. The summed E-state index contributed by atoms with van der Waals surface area (Å²) in [5, 5.41) is 56.6. The summed E-state index contributed by atoms with van der Waals surface area (Å²) in [6, 6.07) is 0. The highest BCUT2D eigenvalue weighted by Crippen LogP contribution is 2.29. The first-order valence-electron chi connectivity index (χ1n) is 6.35. The Morgan fingerprint density at radius 2 is 1.50 bits per heavy atom. The molecule has 0 aliphatic carbocycles. The van der Waals surface area contributed by atoms with E-state index in [1.54, 1.807) is 6.92 Å². The maximum absolute atomic E-state index is 9.98. The molecule has 6 heteroatoms. The van der Waals surface area contributed by atoms with Crippen LogP contribution in [-0.4, -0.2) is 68.8 Å². The van der Waals surface area contributed by atoms with Crippen molar-refractivity contribution < 1.29 is 30.6 Å². The van der Waals surface area contributed by atoms with Crippen LogP contribution in [0.3, 0.4) is 0 Å². The van der Waals surface area contributed by atoms with Gasteiger partial charge < -0.3 is 30.6 Å². The molecule has 0 aromatic heterocycles. The van der Waals surface area contributed by atoms with Crippen LogP contribution >= 0.6 is 0 Å². The number of aliphatic hydroxyl groups is 6. The van der Waals surface area contributed by atoms with E-state index in [0.29, 0.717) is 12.8 Å². The molecule has 0 bridgehead atoms. The molecule has 0 heterocycles. The molecule has 6 N–H and O–H groups in total. The van der Waals surface area contributed by atoms with Gasteiger partial charge in [0, 0.05) is 12.0 Å². The van der Waals surface area contributed by atoms with Crippen molar-refractivity contribution in [3.8, 4) is 0 Å². The third-order valence-corrected chi connectivity index (χ3v) is 3.59. The van der Waals surface area contributed by atoms with Gasteiger partial charge in [-0.1, -0.05) is 6.92 Å². The van der Waals surface area contributed by atoms with Gasteiger partial charge in [-0.2, -0.15) is 0 Å². The summed E-state index contributed by atoms with van der Waals surface area (Å²) in [4.78, 5) is 0. The Bertz CT molecular complexity index is 198. The van der Waals surface area contributed by atoms with Crippen molar-refractivity contribution in [2.45, 2.75) is 50.9 Å². The average molecular weight is 266 g/mol. The Balaban J connectivity index is 4.49. The molecule has 0 saturated carbocycles. The van der Waals surface area contributed by atoms with Crippen LogP contribution < -0.4 is 0 Å². The van der Waals surface area contributed by atoms with Gasteiger partial charge in [-0.3, -0.25) is 0 Å². The SMILES string of the molecule is CCC(CO)(CO)C(O)C(O)C(O)CCCCO. The van der Waals surface area contributed by atoms with E-state index in [9.17, 15) is 25.5 Å². The van der Waals surface area contributed by atoms with Crippen molar-refractivity contribution in [2.75, 3.05) is 19.8 Å². The molecule has 18 heavy (non-hydrogen) atoms. The second-order valence-electron chi connectivity index (χ2n) is 4.75. The molecule has 6 nitrogen and oxygen atoms in total. The highest BCUT2D eigenvalue weighted by molar-refractivity contribution is 4.91. The molecule has 0 aromatic carbocycles. The Hall–Kier alpha value is -0.240. The molecule has 0 aliphatic heterocycles. The lowest BCUT2D eigenvalue weighted by molar-refractivity contribution is -0.142. The first-order valence-corrected chi connectivity index (χ1v) is 6.35. The van der Waals surface area contributed by atoms with Crippen LogP contribution in [-0.2, 0) is 0 Å². The zero-order valence-electron chi connectivity index (χ0n) is 10.9. The minimum absolute atomic E-state index is 0.0115. The van der Waals surface area contributed by atoms with E-state index in [0.717, 1.165) is 0 Å². The van der Waals surface area contributed by atoms with Crippen LogP contribution in [0.15, 0.2) is 0 Å². The molecule has 0 saturated heterocycles. The molecule has 3 atom stereocenters. The number of hydrogen-bond acceptors (Lipinski definition) is 6. The summed E-state index contributed by atoms with van der Waals surface area (Å²) < 4.78 is 0. The average Bonchev–Trinajstić information content (AvgIpc) is 2.40. The van der Waals surface area contributed by atoms with Crippen molar-refractivity contribution >= 4 is 0 Å². The van der Waals surface area contributed by atoms with Gasteiger partial charge in [0.25, 0.3) is 0 Å². The van der Waals surface area contributed by atoms with Gasteiger partial charge in [0.2, 0.25) is 0 Å². The summed E-state index contributed by atoms with van der Waals surface area (Å²) in [5.74, 6) is 0. The molecule has 0 aliphatic rings. The van der Waals surface area contributed by atoms with Crippen molar-refractivity contribution in [3.05, 3.63) is 0 Å². The number of aliphatic hydroxyl groups excluding tert-OH is 6. The predicted octanol–water partition coefficient (Wildman–Crippen LogP) is -1.39. The lowest BCUT2D eigenvalue weighted by Crippen LogP contribution is -2.52. The van der Waals surface area contributed by atoms with E-state index in [4.69, 9.17) is 5.11 Å². The third-order valence-electron chi connectivity index (χ3n) is 3.59. The third kappa shape index (κ3) is 4.46. The zero-order chi connectivity index (χ0) is 14.2. The highest BCUT2D eigenvalue weighted by atomic mass is 16.4. The quantitative estimate of drug-likeness (QED) is 0.271. The first kappa shape index (κ1) is 17.8. The molecule has 3 unspecified atom stereocenters. The van der Waals surface area contributed by atoms with Crippen LogP contribution in [0.2, 0.25) is 0 Å². The lowest BCUT2D eigenvalue weighted by Gasteiger charge is -2.37. The number of hydrogen-bond donors (Lipinski definition) is 6. The fraction of sp³-hybridized carbons (Fsp3) is 1.00. The van der Waals surface area contributed by atoms with E-state index in [1.165, 1.54) is 0 Å². The van der Waals surface area contributed by atoms with Crippen LogP contribution in [0.25, 0.3) is 0 Å². The summed E-state index contributed by atoms with van der Waals surface area (Å²) >= 11 is 0. The van der Waals surface area contributed by atoms with Crippen LogP contribution in [0, 0.1) is 5.41 Å². The Morgan fingerprint density at radius 1 is 0.944 bits per heavy atom. The Morgan fingerprint density at radius 3 is 1.89 bits per heavy atom. The van der Waals surface area contributed by atoms with Crippen molar-refractivity contribution in [2.24, 2.45) is 5.41 Å². The van der Waals surface area contributed by atoms with Crippen molar-refractivity contribution in [1.29, 1.82) is 0 Å². The van der Waals surface area contributed by atoms with Crippen molar-refractivity contribution in [3.63, 3.8) is 0 Å². The molecule has 110 valence electrons. The molecule has 0 fully saturated rings. The van der Waals surface area contributed by atoms with Crippen LogP contribution in [0.4, 0.5) is 0 Å². The summed E-state index contributed by atoms with van der Waals surface area (Å²) in [6.45, 7) is 0.751. The van der Waals surface area contributed by atoms with E-state index in [2.05, 4.69) is 0 Å². The molecule has 0 rings (SSSR count). The Labute approximate surface area is 108 Å². The fourth-order valence-corrected chi connectivity index (χ4v) is 1.88. The topological polar surface area (TPSA) is 121 Å².